The van der Waals surface area contributed by atoms with E-state index in [0.717, 1.165) is 12.8 Å². The van der Waals surface area contributed by atoms with Crippen LogP contribution in [0.1, 0.15) is 39.0 Å². The van der Waals surface area contributed by atoms with Gasteiger partial charge in [-0.15, -0.1) is 0 Å². The van der Waals surface area contributed by atoms with E-state index in [1.807, 2.05) is 0 Å². The molecule has 0 aromatic rings. The van der Waals surface area contributed by atoms with E-state index in [2.05, 4.69) is 13.0 Å². The van der Waals surface area contributed by atoms with E-state index >= 15 is 0 Å². The number of ether oxygens (including phenoxy) is 2. The summed E-state index contributed by atoms with van der Waals surface area (Å²) in [7, 11) is 0. The summed E-state index contributed by atoms with van der Waals surface area (Å²) in [5.74, 6) is 0.997. The molecule has 3 fully saturated rings. The lowest BCUT2D eigenvalue weighted by molar-refractivity contribution is -0.142. The summed E-state index contributed by atoms with van der Waals surface area (Å²) in [6, 6.07) is 0. The molecular formula is C17H22O5. The number of allylic oxidation sites excluding steroid dienone is 1. The van der Waals surface area contributed by atoms with Gasteiger partial charge in [0, 0.05) is 24.7 Å². The first-order valence-corrected chi connectivity index (χ1v) is 8.07. The average molecular weight is 306 g/mol. The quantitative estimate of drug-likeness (QED) is 0.506. The smallest absolute Gasteiger partial charge is 0.309 e. The molecule has 4 atom stereocenters. The van der Waals surface area contributed by atoms with Gasteiger partial charge in [0.1, 0.15) is 5.78 Å². The van der Waals surface area contributed by atoms with Crippen molar-refractivity contribution in [3.8, 4) is 0 Å². The summed E-state index contributed by atoms with van der Waals surface area (Å²) in [5, 5.41) is 0. The van der Waals surface area contributed by atoms with Crippen molar-refractivity contribution in [2.24, 2.45) is 23.7 Å². The lowest BCUT2D eigenvalue weighted by atomic mass is 9.81. The van der Waals surface area contributed by atoms with Crippen LogP contribution in [0, 0.1) is 23.7 Å². The van der Waals surface area contributed by atoms with Gasteiger partial charge in [-0.25, -0.2) is 0 Å². The Balaban J connectivity index is 0.000000131. The number of esters is 2. The fourth-order valence-corrected chi connectivity index (χ4v) is 3.78. The van der Waals surface area contributed by atoms with Crippen molar-refractivity contribution in [2.75, 3.05) is 13.2 Å². The first-order chi connectivity index (χ1) is 10.5. The predicted molar refractivity (Wildman–Crippen MR) is 77.7 cm³/mol. The van der Waals surface area contributed by atoms with Crippen LogP contribution in [0.5, 0.6) is 0 Å². The molecule has 22 heavy (non-hydrogen) atoms. The Morgan fingerprint density at radius 1 is 0.955 bits per heavy atom. The van der Waals surface area contributed by atoms with E-state index in [9.17, 15) is 14.4 Å². The van der Waals surface area contributed by atoms with Crippen LogP contribution < -0.4 is 0 Å². The number of rotatable bonds is 0. The maximum atomic E-state index is 11.1. The average Bonchev–Trinajstić information content (AvgIpc) is 3.03. The van der Waals surface area contributed by atoms with E-state index in [-0.39, 0.29) is 35.5 Å². The second-order valence-electron chi connectivity index (χ2n) is 6.73. The van der Waals surface area contributed by atoms with Crippen LogP contribution in [0.2, 0.25) is 0 Å². The van der Waals surface area contributed by atoms with Gasteiger partial charge >= 0.3 is 11.9 Å². The third-order valence-electron chi connectivity index (χ3n) is 5.12. The maximum absolute atomic E-state index is 11.1. The van der Waals surface area contributed by atoms with Crippen molar-refractivity contribution in [1.29, 1.82) is 0 Å². The second kappa shape index (κ2) is 6.23. The van der Waals surface area contributed by atoms with Crippen molar-refractivity contribution in [3.05, 3.63) is 11.6 Å². The first-order valence-electron chi connectivity index (χ1n) is 8.07. The Hall–Kier alpha value is -1.65. The summed E-state index contributed by atoms with van der Waals surface area (Å²) in [6.45, 7) is 3.20. The molecule has 2 heterocycles. The van der Waals surface area contributed by atoms with Gasteiger partial charge in [0.15, 0.2) is 0 Å². The molecule has 0 aromatic carbocycles. The highest BCUT2D eigenvalue weighted by molar-refractivity contribution is 5.84. The van der Waals surface area contributed by atoms with Gasteiger partial charge in [-0.05, 0) is 26.2 Å². The van der Waals surface area contributed by atoms with E-state index < -0.39 is 0 Å². The van der Waals surface area contributed by atoms with Crippen LogP contribution in [-0.2, 0) is 23.9 Å². The molecule has 0 amide bonds. The largest absolute Gasteiger partial charge is 0.465 e. The summed E-state index contributed by atoms with van der Waals surface area (Å²) >= 11 is 0. The molecule has 0 N–H and O–H groups in total. The van der Waals surface area contributed by atoms with Crippen molar-refractivity contribution < 1.29 is 23.9 Å². The number of hydrogen-bond donors (Lipinski definition) is 0. The highest BCUT2D eigenvalue weighted by Gasteiger charge is 2.40. The van der Waals surface area contributed by atoms with E-state index in [1.165, 1.54) is 5.57 Å². The first kappa shape index (κ1) is 15.3. The minimum Gasteiger partial charge on any atom is -0.465 e. The van der Waals surface area contributed by atoms with Crippen LogP contribution >= 0.6 is 0 Å². The van der Waals surface area contributed by atoms with Crippen LogP contribution in [0.15, 0.2) is 11.6 Å². The van der Waals surface area contributed by atoms with Gasteiger partial charge in [0.2, 0.25) is 0 Å². The lowest BCUT2D eigenvalue weighted by Gasteiger charge is -2.18. The highest BCUT2D eigenvalue weighted by Crippen LogP contribution is 2.34. The van der Waals surface area contributed by atoms with Crippen molar-refractivity contribution in [2.45, 2.75) is 39.0 Å². The normalized spacial score (nSPS) is 36.4. The lowest BCUT2D eigenvalue weighted by Crippen LogP contribution is -2.25. The Bertz CT molecular complexity index is 521. The maximum Gasteiger partial charge on any atom is 0.309 e. The number of cyclic esters (lactones) is 2. The molecule has 0 spiro atoms. The minimum atomic E-state index is -0.0949. The van der Waals surface area contributed by atoms with Gasteiger partial charge in [0.25, 0.3) is 0 Å². The van der Waals surface area contributed by atoms with Crippen molar-refractivity contribution in [3.63, 3.8) is 0 Å². The summed E-state index contributed by atoms with van der Waals surface area (Å²) in [4.78, 5) is 33.0. The van der Waals surface area contributed by atoms with E-state index in [1.54, 1.807) is 0 Å². The Labute approximate surface area is 130 Å². The standard InChI is InChI=1S/C9H12O2.C8H10O3/c1-6-2-3-8-7(4-6)5-11-9(8)10;9-6-1-2-7-5(3-6)4-11-8(7)10/h4,7-8H,2-3,5H2,1H3;5,7H,1-4H2/t7-,8-;5-,7-/m00/s1. The Morgan fingerprint density at radius 2 is 1.64 bits per heavy atom. The van der Waals surface area contributed by atoms with Gasteiger partial charge in [0.05, 0.1) is 25.0 Å². The topological polar surface area (TPSA) is 69.7 Å². The SMILES string of the molecule is CC1=C[C@H]2COC(=O)[C@H]2CC1.O=C1CC[C@@H]2C(=O)OC[C@@H]2C1. The van der Waals surface area contributed by atoms with Crippen LogP contribution in [0.4, 0.5) is 0 Å². The summed E-state index contributed by atoms with van der Waals surface area (Å²) in [6.07, 6.45) is 6.08. The molecule has 0 bridgehead atoms. The third-order valence-corrected chi connectivity index (χ3v) is 5.12. The summed E-state index contributed by atoms with van der Waals surface area (Å²) in [5.41, 5.74) is 1.41. The zero-order valence-electron chi connectivity index (χ0n) is 12.9. The number of carbonyl (C=O) groups excluding carboxylic acids is 3. The Morgan fingerprint density at radius 3 is 2.45 bits per heavy atom. The number of carbonyl (C=O) groups is 3. The molecule has 2 aliphatic heterocycles. The molecular weight excluding hydrogens is 284 g/mol. The number of hydrogen-bond acceptors (Lipinski definition) is 5. The zero-order valence-corrected chi connectivity index (χ0v) is 12.9. The minimum absolute atomic E-state index is 0.0127. The van der Waals surface area contributed by atoms with E-state index in [0.29, 0.717) is 38.4 Å². The van der Waals surface area contributed by atoms with E-state index in [4.69, 9.17) is 9.47 Å². The molecule has 4 aliphatic rings. The second-order valence-corrected chi connectivity index (χ2v) is 6.73. The monoisotopic (exact) mass is 306 g/mol. The molecule has 5 heteroatoms. The fraction of sp³-hybridized carbons (Fsp3) is 0.706. The number of fused-ring (bicyclic) bond motifs is 2. The molecule has 2 saturated heterocycles. The Kier molecular flexibility index (Phi) is 4.32. The van der Waals surface area contributed by atoms with Crippen molar-refractivity contribution in [1.82, 2.24) is 0 Å². The number of ketones is 1. The third kappa shape index (κ3) is 3.08. The highest BCUT2D eigenvalue weighted by atomic mass is 16.5. The van der Waals surface area contributed by atoms with Crippen LogP contribution in [-0.4, -0.2) is 30.9 Å². The molecule has 1 saturated carbocycles. The van der Waals surface area contributed by atoms with Crippen LogP contribution in [0.25, 0.3) is 0 Å². The summed E-state index contributed by atoms with van der Waals surface area (Å²) < 4.78 is 9.82. The number of Topliss-reactive ketones (excluding diaryl/α,β-unsaturated/α-hetero) is 1. The molecule has 2 aliphatic carbocycles. The van der Waals surface area contributed by atoms with Gasteiger partial charge in [-0.2, -0.15) is 0 Å². The molecule has 120 valence electrons. The molecule has 4 rings (SSSR count). The fourth-order valence-electron chi connectivity index (χ4n) is 3.78. The van der Waals surface area contributed by atoms with Gasteiger partial charge in [-0.3, -0.25) is 14.4 Å². The molecule has 0 aromatic heterocycles. The van der Waals surface area contributed by atoms with Gasteiger partial charge in [-0.1, -0.05) is 11.6 Å². The molecule has 0 unspecified atom stereocenters. The molecule has 5 nitrogen and oxygen atoms in total. The zero-order chi connectivity index (χ0) is 15.7. The van der Waals surface area contributed by atoms with Gasteiger partial charge < -0.3 is 9.47 Å². The van der Waals surface area contributed by atoms with Crippen LogP contribution in [0.3, 0.4) is 0 Å². The predicted octanol–water partition coefficient (Wildman–Crippen LogP) is 2.04. The molecule has 0 radical (unpaired) electrons. The van der Waals surface area contributed by atoms with Crippen molar-refractivity contribution >= 4 is 17.7 Å².